The van der Waals surface area contributed by atoms with Gasteiger partial charge in [0.2, 0.25) is 5.91 Å². The number of amides is 2. The molecule has 6 rings (SSSR count). The molecule has 3 aliphatic rings. The molecule has 5 heterocycles. The molecule has 48 heavy (non-hydrogen) atoms. The van der Waals surface area contributed by atoms with Crippen molar-refractivity contribution >= 4 is 23.3 Å². The molecular weight excluding hydrogens is 620 g/mol. The lowest BCUT2D eigenvalue weighted by molar-refractivity contribution is -0.121. The number of pyridine rings is 1. The summed E-state index contributed by atoms with van der Waals surface area (Å²) in [7, 11) is 0. The molecule has 13 heteroatoms. The van der Waals surface area contributed by atoms with E-state index in [0.29, 0.717) is 50.7 Å². The Kier molecular flexibility index (Phi) is 9.24. The topological polar surface area (TPSA) is 95.8 Å². The predicted octanol–water partition coefficient (Wildman–Crippen LogP) is 4.58. The minimum Gasteiger partial charge on any atom is -0.444 e. The van der Waals surface area contributed by atoms with Crippen molar-refractivity contribution in [2.24, 2.45) is 0 Å². The number of halogens is 2. The normalized spacial score (nSPS) is 24.1. The Morgan fingerprint density at radius 2 is 1.83 bits per heavy atom. The van der Waals surface area contributed by atoms with Gasteiger partial charge in [-0.25, -0.2) is 23.1 Å². The highest BCUT2D eigenvalue weighted by Crippen LogP contribution is 2.44. The summed E-state index contributed by atoms with van der Waals surface area (Å²) in [6, 6.07) is 6.89. The summed E-state index contributed by atoms with van der Waals surface area (Å²) in [4.78, 5) is 40.1. The second kappa shape index (κ2) is 13.0. The van der Waals surface area contributed by atoms with Crippen molar-refractivity contribution in [2.45, 2.75) is 83.8 Å². The minimum absolute atomic E-state index is 0.118. The van der Waals surface area contributed by atoms with Gasteiger partial charge in [-0.2, -0.15) is 5.10 Å². The summed E-state index contributed by atoms with van der Waals surface area (Å²) in [5.41, 5.74) is 1.14. The van der Waals surface area contributed by atoms with Crippen molar-refractivity contribution in [1.82, 2.24) is 29.3 Å². The summed E-state index contributed by atoms with van der Waals surface area (Å²) in [5, 5.41) is 4.46. The van der Waals surface area contributed by atoms with E-state index in [4.69, 9.17) is 9.47 Å². The highest BCUT2D eigenvalue weighted by Gasteiger charge is 2.44. The standard InChI is InChI=1S/C35H47F2N7O4/c1-22-15-41(26(16-40-12-13-47-19-23(40)2)17-42(22)33(46)48-34(3,4)5)18-29(45)43-20-35(6,7)31-28(43)14-27(32-38-21-39-44(31)32)30(37)24-8-10-25(36)11-9-24/h8-11,14,21-23,26,30H,12-13,15-20H2,1-7H3/t22-,23-,26+,30?/m1/s1. The Balaban J connectivity index is 1.30. The van der Waals surface area contributed by atoms with E-state index in [0.717, 1.165) is 12.2 Å². The van der Waals surface area contributed by atoms with Gasteiger partial charge in [0, 0.05) is 61.8 Å². The Morgan fingerprint density at radius 1 is 1.10 bits per heavy atom. The number of ether oxygens (including phenoxy) is 2. The van der Waals surface area contributed by atoms with E-state index < -0.39 is 23.0 Å². The number of morpholine rings is 1. The summed E-state index contributed by atoms with van der Waals surface area (Å²) < 4.78 is 42.9. The summed E-state index contributed by atoms with van der Waals surface area (Å²) in [5.74, 6) is -0.573. The number of fused-ring (bicyclic) bond motifs is 3. The fraction of sp³-hybridized carbons (Fsp3) is 0.600. The van der Waals surface area contributed by atoms with Gasteiger partial charge in [-0.15, -0.1) is 0 Å². The van der Waals surface area contributed by atoms with Crippen LogP contribution in [0.2, 0.25) is 0 Å². The van der Waals surface area contributed by atoms with E-state index in [2.05, 4.69) is 26.8 Å². The zero-order valence-corrected chi connectivity index (χ0v) is 28.9. The van der Waals surface area contributed by atoms with E-state index in [-0.39, 0.29) is 47.8 Å². The smallest absolute Gasteiger partial charge is 0.410 e. The first-order valence-corrected chi connectivity index (χ1v) is 16.8. The molecule has 11 nitrogen and oxygen atoms in total. The summed E-state index contributed by atoms with van der Waals surface area (Å²) in [6.07, 6.45) is -0.577. The fourth-order valence-corrected chi connectivity index (χ4v) is 7.22. The lowest BCUT2D eigenvalue weighted by atomic mass is 9.90. The Hall–Kier alpha value is -3.68. The number of aromatic nitrogens is 3. The second-order valence-corrected chi connectivity index (χ2v) is 15.1. The number of anilines is 1. The van der Waals surface area contributed by atoms with Crippen LogP contribution in [0.3, 0.4) is 0 Å². The maximum absolute atomic E-state index is 16.2. The minimum atomic E-state index is -1.61. The molecule has 2 amide bonds. The third kappa shape index (κ3) is 6.77. The Labute approximate surface area is 280 Å². The SMILES string of the molecule is C[C@@H]1COCCN1C[C@H]1CN(C(=O)OC(C)(C)C)[C@H](C)CN1CC(=O)N1CC(C)(C)c2c1cc(C(F)c1ccc(F)cc1)c1ncnn21. The predicted molar refractivity (Wildman–Crippen MR) is 177 cm³/mol. The molecule has 1 unspecified atom stereocenters. The van der Waals surface area contributed by atoms with Gasteiger partial charge in [-0.1, -0.05) is 26.0 Å². The molecule has 0 bridgehead atoms. The first-order valence-electron chi connectivity index (χ1n) is 16.8. The number of rotatable bonds is 6. The Bertz CT molecular complexity index is 1660. The third-order valence-electron chi connectivity index (χ3n) is 9.65. The van der Waals surface area contributed by atoms with Crippen LogP contribution in [-0.2, 0) is 19.7 Å². The van der Waals surface area contributed by atoms with Gasteiger partial charge >= 0.3 is 6.09 Å². The molecule has 4 atom stereocenters. The molecular formula is C35H47F2N7O4. The van der Waals surface area contributed by atoms with Gasteiger partial charge in [0.25, 0.3) is 0 Å². The van der Waals surface area contributed by atoms with E-state index >= 15 is 4.39 Å². The van der Waals surface area contributed by atoms with Gasteiger partial charge < -0.3 is 19.3 Å². The monoisotopic (exact) mass is 667 g/mol. The number of nitrogens with zero attached hydrogens (tertiary/aromatic N) is 7. The number of carbonyl (C=O) groups excluding carboxylic acids is 2. The molecule has 0 N–H and O–H groups in total. The number of piperazine rings is 1. The molecule has 2 aromatic heterocycles. The molecule has 3 aliphatic heterocycles. The van der Waals surface area contributed by atoms with E-state index in [9.17, 15) is 14.0 Å². The van der Waals surface area contributed by atoms with Crippen molar-refractivity contribution in [1.29, 1.82) is 0 Å². The quantitative estimate of drug-likeness (QED) is 0.377. The van der Waals surface area contributed by atoms with Gasteiger partial charge in [0.15, 0.2) is 11.8 Å². The van der Waals surface area contributed by atoms with E-state index in [1.165, 1.54) is 30.6 Å². The van der Waals surface area contributed by atoms with Crippen molar-refractivity contribution in [3.8, 4) is 0 Å². The molecule has 2 saturated heterocycles. The zero-order valence-electron chi connectivity index (χ0n) is 28.9. The van der Waals surface area contributed by atoms with Crippen molar-refractivity contribution < 1.29 is 27.8 Å². The number of benzene rings is 1. The average molecular weight is 668 g/mol. The van der Waals surface area contributed by atoms with Crippen LogP contribution in [0.5, 0.6) is 0 Å². The number of hydrogen-bond acceptors (Lipinski definition) is 8. The fourth-order valence-electron chi connectivity index (χ4n) is 7.22. The van der Waals surface area contributed by atoms with Gasteiger partial charge in [-0.05, 0) is 58.4 Å². The molecule has 260 valence electrons. The van der Waals surface area contributed by atoms with Gasteiger partial charge in [-0.3, -0.25) is 14.6 Å². The lowest BCUT2D eigenvalue weighted by Crippen LogP contribution is -2.64. The molecule has 3 aromatic rings. The molecule has 0 saturated carbocycles. The van der Waals surface area contributed by atoms with Crippen molar-refractivity contribution in [3.05, 3.63) is 59.3 Å². The van der Waals surface area contributed by atoms with Crippen molar-refractivity contribution in [2.75, 3.05) is 57.4 Å². The van der Waals surface area contributed by atoms with Crippen LogP contribution in [0, 0.1) is 5.82 Å². The van der Waals surface area contributed by atoms with Crippen LogP contribution < -0.4 is 4.90 Å². The van der Waals surface area contributed by atoms with Crippen LogP contribution in [0.15, 0.2) is 36.7 Å². The van der Waals surface area contributed by atoms with Crippen LogP contribution in [0.25, 0.3) is 5.65 Å². The van der Waals surface area contributed by atoms with Crippen LogP contribution in [0.4, 0.5) is 19.3 Å². The average Bonchev–Trinajstić information content (AvgIpc) is 3.60. The molecule has 0 radical (unpaired) electrons. The van der Waals surface area contributed by atoms with Crippen molar-refractivity contribution in [3.63, 3.8) is 0 Å². The second-order valence-electron chi connectivity index (χ2n) is 15.1. The van der Waals surface area contributed by atoms with E-state index in [1.807, 2.05) is 41.5 Å². The summed E-state index contributed by atoms with van der Waals surface area (Å²) >= 11 is 0. The number of alkyl halides is 1. The Morgan fingerprint density at radius 3 is 2.52 bits per heavy atom. The summed E-state index contributed by atoms with van der Waals surface area (Å²) in [6.45, 7) is 17.9. The highest BCUT2D eigenvalue weighted by atomic mass is 19.1. The first kappa shape index (κ1) is 34.2. The maximum atomic E-state index is 16.2. The van der Waals surface area contributed by atoms with Crippen LogP contribution in [-0.4, -0.2) is 118 Å². The molecule has 2 fully saturated rings. The van der Waals surface area contributed by atoms with Gasteiger partial charge in [0.05, 0.1) is 31.1 Å². The number of carbonyl (C=O) groups is 2. The largest absolute Gasteiger partial charge is 0.444 e. The molecule has 0 aliphatic carbocycles. The highest BCUT2D eigenvalue weighted by molar-refractivity contribution is 5.98. The van der Waals surface area contributed by atoms with E-state index in [1.54, 1.807) is 20.4 Å². The molecule has 1 aromatic carbocycles. The number of hydrogen-bond donors (Lipinski definition) is 0. The van der Waals surface area contributed by atoms with Gasteiger partial charge in [0.1, 0.15) is 17.7 Å². The zero-order chi connectivity index (χ0) is 34.5. The lowest BCUT2D eigenvalue weighted by Gasteiger charge is -2.47. The molecule has 0 spiro atoms. The third-order valence-corrected chi connectivity index (χ3v) is 9.65. The maximum Gasteiger partial charge on any atom is 0.410 e. The first-order chi connectivity index (χ1) is 22.6. The van der Waals surface area contributed by atoms with Crippen LogP contribution >= 0.6 is 0 Å². The van der Waals surface area contributed by atoms with Crippen LogP contribution in [0.1, 0.15) is 71.5 Å².